The first kappa shape index (κ1) is 15.2. The number of amides is 2. The van der Waals surface area contributed by atoms with Crippen LogP contribution < -0.4 is 10.6 Å². The molecule has 1 saturated carbocycles. The average Bonchev–Trinajstić information content (AvgIpc) is 3.41. The molecule has 1 fully saturated rings. The molecule has 0 unspecified atom stereocenters. The van der Waals surface area contributed by atoms with Crippen molar-refractivity contribution >= 4 is 17.5 Å². The third-order valence-corrected chi connectivity index (χ3v) is 3.92. The minimum Gasteiger partial charge on any atom is -0.346 e. The van der Waals surface area contributed by atoms with Gasteiger partial charge in [0, 0.05) is 29.6 Å². The molecule has 0 bridgehead atoms. The summed E-state index contributed by atoms with van der Waals surface area (Å²) in [7, 11) is 0. The van der Waals surface area contributed by atoms with E-state index < -0.39 is 0 Å². The smallest absolute Gasteiger partial charge is 0.251 e. The quantitative estimate of drug-likeness (QED) is 0.892. The van der Waals surface area contributed by atoms with Gasteiger partial charge < -0.3 is 10.6 Å². The maximum absolute atomic E-state index is 12.3. The number of anilines is 1. The van der Waals surface area contributed by atoms with E-state index in [9.17, 15) is 9.59 Å². The van der Waals surface area contributed by atoms with E-state index in [1.807, 2.05) is 19.1 Å². The van der Waals surface area contributed by atoms with Gasteiger partial charge in [0.05, 0.1) is 6.04 Å². The predicted octanol–water partition coefficient (Wildman–Crippen LogP) is 2.92. The third kappa shape index (κ3) is 3.94. The summed E-state index contributed by atoms with van der Waals surface area (Å²) < 4.78 is 0. The molecular formula is C18H19N3O2. The summed E-state index contributed by atoms with van der Waals surface area (Å²) in [4.78, 5) is 27.9. The monoisotopic (exact) mass is 309 g/mol. The molecule has 1 aromatic heterocycles. The molecule has 0 aliphatic heterocycles. The van der Waals surface area contributed by atoms with Crippen molar-refractivity contribution < 1.29 is 9.59 Å². The van der Waals surface area contributed by atoms with E-state index in [1.165, 1.54) is 0 Å². The van der Waals surface area contributed by atoms with Gasteiger partial charge in [-0.2, -0.15) is 0 Å². The first-order valence-electron chi connectivity index (χ1n) is 7.75. The minimum atomic E-state index is -0.144. The molecule has 118 valence electrons. The van der Waals surface area contributed by atoms with Crippen LogP contribution in [-0.2, 0) is 4.79 Å². The van der Waals surface area contributed by atoms with Gasteiger partial charge in [-0.3, -0.25) is 14.6 Å². The molecule has 1 heterocycles. The van der Waals surface area contributed by atoms with Crippen LogP contribution in [-0.4, -0.2) is 16.8 Å². The standard InChI is InChI=1S/C18H19N3O2/c1-12(13-8-10-19-11-9-13)20-17(22)15-4-6-16(7-5-15)21-18(23)14-2-3-14/h4-12,14H,2-3H2,1H3,(H,20,22)(H,21,23)/t12-/m0/s1. The molecule has 1 aliphatic carbocycles. The van der Waals surface area contributed by atoms with Crippen molar-refractivity contribution in [3.05, 3.63) is 59.9 Å². The van der Waals surface area contributed by atoms with Gasteiger partial charge in [-0.1, -0.05) is 0 Å². The summed E-state index contributed by atoms with van der Waals surface area (Å²) in [5.41, 5.74) is 2.29. The highest BCUT2D eigenvalue weighted by atomic mass is 16.2. The molecule has 2 N–H and O–H groups in total. The van der Waals surface area contributed by atoms with Crippen LogP contribution in [0.3, 0.4) is 0 Å². The van der Waals surface area contributed by atoms with Gasteiger partial charge in [-0.15, -0.1) is 0 Å². The van der Waals surface area contributed by atoms with E-state index in [2.05, 4.69) is 15.6 Å². The second-order valence-electron chi connectivity index (χ2n) is 5.82. The molecule has 5 heteroatoms. The zero-order chi connectivity index (χ0) is 16.2. The number of aromatic nitrogens is 1. The molecule has 5 nitrogen and oxygen atoms in total. The molecule has 1 aromatic carbocycles. The number of carbonyl (C=O) groups is 2. The summed E-state index contributed by atoms with van der Waals surface area (Å²) in [6.45, 7) is 1.93. The van der Waals surface area contributed by atoms with E-state index in [0.29, 0.717) is 5.56 Å². The fourth-order valence-corrected chi connectivity index (χ4v) is 2.31. The Balaban J connectivity index is 1.60. The van der Waals surface area contributed by atoms with Crippen molar-refractivity contribution in [2.24, 2.45) is 5.92 Å². The van der Waals surface area contributed by atoms with Crippen molar-refractivity contribution in [3.8, 4) is 0 Å². The Morgan fingerprint density at radius 3 is 2.35 bits per heavy atom. The Labute approximate surface area is 135 Å². The zero-order valence-corrected chi connectivity index (χ0v) is 13.0. The second-order valence-corrected chi connectivity index (χ2v) is 5.82. The molecule has 1 aliphatic rings. The summed E-state index contributed by atoms with van der Waals surface area (Å²) in [5, 5.41) is 5.81. The van der Waals surface area contributed by atoms with E-state index in [-0.39, 0.29) is 23.8 Å². The molecule has 0 spiro atoms. The van der Waals surface area contributed by atoms with Crippen molar-refractivity contribution in [2.45, 2.75) is 25.8 Å². The van der Waals surface area contributed by atoms with Crippen molar-refractivity contribution in [1.29, 1.82) is 0 Å². The lowest BCUT2D eigenvalue weighted by Gasteiger charge is -2.14. The number of carbonyl (C=O) groups excluding carboxylic acids is 2. The van der Waals surface area contributed by atoms with Crippen LogP contribution in [0.5, 0.6) is 0 Å². The number of benzene rings is 1. The number of nitrogens with one attached hydrogen (secondary N) is 2. The Kier molecular flexibility index (Phi) is 4.37. The number of nitrogens with zero attached hydrogens (tertiary/aromatic N) is 1. The number of pyridine rings is 1. The lowest BCUT2D eigenvalue weighted by Crippen LogP contribution is -2.26. The molecule has 3 rings (SSSR count). The Morgan fingerprint density at radius 2 is 1.74 bits per heavy atom. The summed E-state index contributed by atoms with van der Waals surface area (Å²) in [5.74, 6) is 0.0853. The van der Waals surface area contributed by atoms with E-state index in [4.69, 9.17) is 0 Å². The van der Waals surface area contributed by atoms with Crippen LogP contribution in [0.4, 0.5) is 5.69 Å². The Morgan fingerprint density at radius 1 is 1.09 bits per heavy atom. The van der Waals surface area contributed by atoms with E-state index in [0.717, 1.165) is 24.1 Å². The number of hydrogen-bond acceptors (Lipinski definition) is 3. The molecule has 23 heavy (non-hydrogen) atoms. The van der Waals surface area contributed by atoms with Crippen molar-refractivity contribution in [1.82, 2.24) is 10.3 Å². The summed E-state index contributed by atoms with van der Waals surface area (Å²) in [6.07, 6.45) is 5.35. The first-order chi connectivity index (χ1) is 11.1. The maximum Gasteiger partial charge on any atom is 0.251 e. The predicted molar refractivity (Wildman–Crippen MR) is 87.9 cm³/mol. The molecule has 2 amide bonds. The summed E-state index contributed by atoms with van der Waals surface area (Å²) >= 11 is 0. The van der Waals surface area contributed by atoms with Gasteiger partial charge in [-0.25, -0.2) is 0 Å². The lowest BCUT2D eigenvalue weighted by atomic mass is 10.1. The Bertz CT molecular complexity index is 694. The SMILES string of the molecule is C[C@H](NC(=O)c1ccc(NC(=O)C2CC2)cc1)c1ccncc1. The van der Waals surface area contributed by atoms with Crippen LogP contribution in [0.15, 0.2) is 48.8 Å². The first-order valence-corrected chi connectivity index (χ1v) is 7.75. The lowest BCUT2D eigenvalue weighted by molar-refractivity contribution is -0.117. The second kappa shape index (κ2) is 6.60. The largest absolute Gasteiger partial charge is 0.346 e. The van der Waals surface area contributed by atoms with Crippen LogP contribution >= 0.6 is 0 Å². The van der Waals surface area contributed by atoms with E-state index >= 15 is 0 Å². The van der Waals surface area contributed by atoms with Crippen LogP contribution in [0.25, 0.3) is 0 Å². The van der Waals surface area contributed by atoms with Gasteiger partial charge in [0.1, 0.15) is 0 Å². The Hall–Kier alpha value is -2.69. The normalized spacial score (nSPS) is 14.8. The third-order valence-electron chi connectivity index (χ3n) is 3.92. The van der Waals surface area contributed by atoms with Crippen LogP contribution in [0, 0.1) is 5.92 Å². The minimum absolute atomic E-state index is 0.0634. The molecule has 2 aromatic rings. The zero-order valence-electron chi connectivity index (χ0n) is 13.0. The highest BCUT2D eigenvalue weighted by Gasteiger charge is 2.29. The fourth-order valence-electron chi connectivity index (χ4n) is 2.31. The molecule has 0 saturated heterocycles. The van der Waals surface area contributed by atoms with Crippen LogP contribution in [0.1, 0.15) is 41.7 Å². The van der Waals surface area contributed by atoms with Gasteiger partial charge in [0.15, 0.2) is 0 Å². The molecule has 0 radical (unpaired) electrons. The van der Waals surface area contributed by atoms with Crippen molar-refractivity contribution in [3.63, 3.8) is 0 Å². The average molecular weight is 309 g/mol. The fraction of sp³-hybridized carbons (Fsp3) is 0.278. The van der Waals surface area contributed by atoms with Crippen molar-refractivity contribution in [2.75, 3.05) is 5.32 Å². The molecule has 1 atom stereocenters. The van der Waals surface area contributed by atoms with Gasteiger partial charge in [0.2, 0.25) is 5.91 Å². The van der Waals surface area contributed by atoms with Gasteiger partial charge in [-0.05, 0) is 61.7 Å². The summed E-state index contributed by atoms with van der Waals surface area (Å²) in [6, 6.07) is 10.6. The topological polar surface area (TPSA) is 71.1 Å². The van der Waals surface area contributed by atoms with Crippen LogP contribution in [0.2, 0.25) is 0 Å². The van der Waals surface area contributed by atoms with Gasteiger partial charge >= 0.3 is 0 Å². The van der Waals surface area contributed by atoms with E-state index in [1.54, 1.807) is 36.7 Å². The molecular weight excluding hydrogens is 290 g/mol. The highest BCUT2D eigenvalue weighted by molar-refractivity contribution is 5.96. The highest BCUT2D eigenvalue weighted by Crippen LogP contribution is 2.30. The van der Waals surface area contributed by atoms with Gasteiger partial charge in [0.25, 0.3) is 5.91 Å². The number of hydrogen-bond donors (Lipinski definition) is 2. The number of rotatable bonds is 5. The maximum atomic E-state index is 12.3.